The van der Waals surface area contributed by atoms with E-state index < -0.39 is 5.41 Å². The zero-order valence-corrected chi connectivity index (χ0v) is 11.7. The van der Waals surface area contributed by atoms with Gasteiger partial charge >= 0.3 is 0 Å². The largest absolute Gasteiger partial charge is 0.497 e. The van der Waals surface area contributed by atoms with E-state index in [1.165, 1.54) is 0 Å². The van der Waals surface area contributed by atoms with Crippen LogP contribution in [-0.2, 0) is 0 Å². The second-order valence-electron chi connectivity index (χ2n) is 4.89. The van der Waals surface area contributed by atoms with Gasteiger partial charge in [-0.3, -0.25) is 0 Å². The highest BCUT2D eigenvalue weighted by Gasteiger charge is 2.21. The van der Waals surface area contributed by atoms with E-state index in [-0.39, 0.29) is 0 Å². The predicted octanol–water partition coefficient (Wildman–Crippen LogP) is 2.69. The van der Waals surface area contributed by atoms with Crippen LogP contribution in [-0.4, -0.2) is 27.8 Å². The predicted molar refractivity (Wildman–Crippen MR) is 72.2 cm³/mol. The van der Waals surface area contributed by atoms with Crippen LogP contribution in [0, 0.1) is 16.7 Å². The third kappa shape index (κ3) is 3.30. The zero-order chi connectivity index (χ0) is 13.8. The fourth-order valence-corrected chi connectivity index (χ4v) is 1.81. The Morgan fingerprint density at radius 1 is 1.28 bits per heavy atom. The summed E-state index contributed by atoms with van der Waals surface area (Å²) in [5, 5.41) is 9.08. The maximum atomic E-state index is 9.08. The molecule has 0 aliphatic heterocycles. The second-order valence-corrected chi connectivity index (χ2v) is 4.89. The van der Waals surface area contributed by atoms with Crippen LogP contribution in [0.2, 0.25) is 0 Å². The highest BCUT2D eigenvalue weighted by atomic mass is 16.5. The standard InChI is InChI=1S/C14H20N2O2/c1-14(2,9-15)10-16(3)12-8-11(17-4)6-7-13(12)18-5/h6-8H,10H2,1-5H3. The lowest BCUT2D eigenvalue weighted by Gasteiger charge is -2.27. The minimum atomic E-state index is -0.414. The van der Waals surface area contributed by atoms with E-state index in [9.17, 15) is 0 Å². The summed E-state index contributed by atoms with van der Waals surface area (Å²) in [6.45, 7) is 4.44. The topological polar surface area (TPSA) is 45.5 Å². The number of nitrogens with zero attached hydrogens (tertiary/aromatic N) is 2. The maximum Gasteiger partial charge on any atom is 0.142 e. The van der Waals surface area contributed by atoms with Crippen LogP contribution >= 0.6 is 0 Å². The molecule has 0 saturated carbocycles. The Labute approximate surface area is 109 Å². The van der Waals surface area contributed by atoms with Gasteiger partial charge in [-0.25, -0.2) is 0 Å². The summed E-state index contributed by atoms with van der Waals surface area (Å²) in [6, 6.07) is 7.92. The Balaban J connectivity index is 3.03. The van der Waals surface area contributed by atoms with E-state index in [1.54, 1.807) is 14.2 Å². The highest BCUT2D eigenvalue weighted by molar-refractivity contribution is 5.61. The lowest BCUT2D eigenvalue weighted by Crippen LogP contribution is -2.30. The summed E-state index contributed by atoms with van der Waals surface area (Å²) in [5.74, 6) is 1.54. The van der Waals surface area contributed by atoms with Gasteiger partial charge in [-0.05, 0) is 26.0 Å². The number of ether oxygens (including phenoxy) is 2. The summed E-state index contributed by atoms with van der Waals surface area (Å²) < 4.78 is 10.5. The average Bonchev–Trinajstić information content (AvgIpc) is 2.37. The summed E-state index contributed by atoms with van der Waals surface area (Å²) in [5.41, 5.74) is 0.503. The van der Waals surface area contributed by atoms with Crippen LogP contribution in [0.25, 0.3) is 0 Å². The second kappa shape index (κ2) is 5.63. The molecule has 0 spiro atoms. The first kappa shape index (κ1) is 14.2. The number of anilines is 1. The molecule has 98 valence electrons. The monoisotopic (exact) mass is 248 g/mol. The van der Waals surface area contributed by atoms with Crippen molar-refractivity contribution in [3.05, 3.63) is 18.2 Å². The van der Waals surface area contributed by atoms with Crippen molar-refractivity contribution in [2.45, 2.75) is 13.8 Å². The molecule has 0 aliphatic rings. The summed E-state index contributed by atoms with van der Waals surface area (Å²) in [4.78, 5) is 2.00. The van der Waals surface area contributed by atoms with Crippen LogP contribution in [0.3, 0.4) is 0 Å². The number of nitriles is 1. The summed E-state index contributed by atoms with van der Waals surface area (Å²) >= 11 is 0. The van der Waals surface area contributed by atoms with E-state index in [0.29, 0.717) is 6.54 Å². The highest BCUT2D eigenvalue weighted by Crippen LogP contribution is 2.33. The molecule has 0 amide bonds. The molecular formula is C14H20N2O2. The Hall–Kier alpha value is -1.89. The average molecular weight is 248 g/mol. The molecule has 0 bridgehead atoms. The minimum absolute atomic E-state index is 0.414. The molecule has 4 nitrogen and oxygen atoms in total. The van der Waals surface area contributed by atoms with Crippen LogP contribution in [0.1, 0.15) is 13.8 Å². The van der Waals surface area contributed by atoms with E-state index in [1.807, 2.05) is 44.0 Å². The van der Waals surface area contributed by atoms with Crippen molar-refractivity contribution in [2.24, 2.45) is 5.41 Å². The molecule has 1 rings (SSSR count). The Bertz CT molecular complexity index is 450. The van der Waals surface area contributed by atoms with Gasteiger partial charge in [0.2, 0.25) is 0 Å². The maximum absolute atomic E-state index is 9.08. The molecule has 0 heterocycles. The van der Waals surface area contributed by atoms with E-state index in [4.69, 9.17) is 14.7 Å². The van der Waals surface area contributed by atoms with Crippen molar-refractivity contribution in [3.63, 3.8) is 0 Å². The molecule has 18 heavy (non-hydrogen) atoms. The number of hydrogen-bond donors (Lipinski definition) is 0. The molecule has 0 N–H and O–H groups in total. The molecule has 0 aromatic heterocycles. The van der Waals surface area contributed by atoms with Gasteiger partial charge in [-0.15, -0.1) is 0 Å². The Morgan fingerprint density at radius 2 is 1.94 bits per heavy atom. The molecule has 0 radical (unpaired) electrons. The summed E-state index contributed by atoms with van der Waals surface area (Å²) in [7, 11) is 5.20. The van der Waals surface area contributed by atoms with Crippen LogP contribution in [0.4, 0.5) is 5.69 Å². The first-order valence-electron chi connectivity index (χ1n) is 5.78. The first-order chi connectivity index (χ1) is 8.43. The van der Waals surface area contributed by atoms with Crippen molar-refractivity contribution >= 4 is 5.69 Å². The fraction of sp³-hybridized carbons (Fsp3) is 0.500. The van der Waals surface area contributed by atoms with Gasteiger partial charge in [0.25, 0.3) is 0 Å². The molecule has 0 saturated heterocycles. The van der Waals surface area contributed by atoms with Crippen molar-refractivity contribution in [2.75, 3.05) is 32.7 Å². The number of rotatable bonds is 5. The number of benzene rings is 1. The van der Waals surface area contributed by atoms with Crippen molar-refractivity contribution in [1.29, 1.82) is 5.26 Å². The van der Waals surface area contributed by atoms with Crippen LogP contribution in [0.5, 0.6) is 11.5 Å². The molecule has 0 unspecified atom stereocenters. The fourth-order valence-electron chi connectivity index (χ4n) is 1.81. The van der Waals surface area contributed by atoms with Gasteiger partial charge in [0.05, 0.1) is 31.4 Å². The van der Waals surface area contributed by atoms with Gasteiger partial charge in [0, 0.05) is 19.7 Å². The van der Waals surface area contributed by atoms with E-state index >= 15 is 0 Å². The van der Waals surface area contributed by atoms with Crippen molar-refractivity contribution < 1.29 is 9.47 Å². The number of hydrogen-bond acceptors (Lipinski definition) is 4. The lowest BCUT2D eigenvalue weighted by molar-refractivity contribution is 0.401. The van der Waals surface area contributed by atoms with Gasteiger partial charge in [0.15, 0.2) is 0 Å². The zero-order valence-electron chi connectivity index (χ0n) is 11.7. The SMILES string of the molecule is COc1ccc(OC)c(N(C)CC(C)(C)C#N)c1. The Morgan fingerprint density at radius 3 is 2.44 bits per heavy atom. The molecule has 0 fully saturated rings. The van der Waals surface area contributed by atoms with Gasteiger partial charge in [-0.2, -0.15) is 5.26 Å². The van der Waals surface area contributed by atoms with Gasteiger partial charge in [0.1, 0.15) is 11.5 Å². The lowest BCUT2D eigenvalue weighted by atomic mass is 9.95. The third-order valence-electron chi connectivity index (χ3n) is 2.73. The molecule has 0 aliphatic carbocycles. The van der Waals surface area contributed by atoms with E-state index in [2.05, 4.69) is 6.07 Å². The van der Waals surface area contributed by atoms with E-state index in [0.717, 1.165) is 17.2 Å². The molecule has 0 atom stereocenters. The molecule has 4 heteroatoms. The van der Waals surface area contributed by atoms with Gasteiger partial charge < -0.3 is 14.4 Å². The number of methoxy groups -OCH3 is 2. The van der Waals surface area contributed by atoms with Crippen LogP contribution in [0.15, 0.2) is 18.2 Å². The third-order valence-corrected chi connectivity index (χ3v) is 2.73. The minimum Gasteiger partial charge on any atom is -0.497 e. The van der Waals surface area contributed by atoms with Crippen molar-refractivity contribution in [3.8, 4) is 17.6 Å². The van der Waals surface area contributed by atoms with Crippen LogP contribution < -0.4 is 14.4 Å². The molecular weight excluding hydrogens is 228 g/mol. The summed E-state index contributed by atoms with van der Waals surface area (Å²) in [6.07, 6.45) is 0. The van der Waals surface area contributed by atoms with Crippen molar-refractivity contribution in [1.82, 2.24) is 0 Å². The first-order valence-corrected chi connectivity index (χ1v) is 5.78. The van der Waals surface area contributed by atoms with Gasteiger partial charge in [-0.1, -0.05) is 0 Å². The Kier molecular flexibility index (Phi) is 4.43. The normalized spacial score (nSPS) is 10.7. The molecule has 1 aromatic carbocycles. The quantitative estimate of drug-likeness (QED) is 0.803. The molecule has 1 aromatic rings. The smallest absolute Gasteiger partial charge is 0.142 e.